The molecule has 0 unspecified atom stereocenters. The second kappa shape index (κ2) is 6.96. The van der Waals surface area contributed by atoms with E-state index in [2.05, 4.69) is 15.5 Å². The van der Waals surface area contributed by atoms with Crippen LogP contribution < -0.4 is 10.6 Å². The summed E-state index contributed by atoms with van der Waals surface area (Å²) in [6.45, 7) is 3.21. The van der Waals surface area contributed by atoms with Gasteiger partial charge in [0.2, 0.25) is 0 Å². The SMILES string of the molecule is CNC(=O)c1cccc(-c2ccc(C(=O)N[C@H]3CN4CCC3CC4)o2)c1. The zero-order valence-electron chi connectivity index (χ0n) is 14.8. The standard InChI is InChI=1S/C20H23N3O3/c1-21-19(24)15-4-2-3-14(11-15)17-5-6-18(26-17)20(25)22-16-12-23-9-7-13(16)8-10-23/h2-6,11,13,16H,7-10,12H2,1H3,(H,21,24)(H,22,25)/t16-/m0/s1. The summed E-state index contributed by atoms with van der Waals surface area (Å²) in [5.41, 5.74) is 1.33. The Morgan fingerprint density at radius 1 is 1.12 bits per heavy atom. The lowest BCUT2D eigenvalue weighted by Gasteiger charge is -2.44. The molecule has 6 nitrogen and oxygen atoms in total. The van der Waals surface area contributed by atoms with Crippen LogP contribution in [0.4, 0.5) is 0 Å². The third-order valence-corrected chi connectivity index (χ3v) is 5.44. The molecule has 2 aromatic rings. The molecule has 2 N–H and O–H groups in total. The largest absolute Gasteiger partial charge is 0.451 e. The van der Waals surface area contributed by atoms with Crippen LogP contribution in [0.15, 0.2) is 40.8 Å². The van der Waals surface area contributed by atoms with Crippen molar-refractivity contribution in [2.24, 2.45) is 5.92 Å². The number of rotatable bonds is 4. The van der Waals surface area contributed by atoms with Gasteiger partial charge in [-0.3, -0.25) is 9.59 Å². The fourth-order valence-corrected chi connectivity index (χ4v) is 3.94. The lowest BCUT2D eigenvalue weighted by Crippen LogP contribution is -2.57. The summed E-state index contributed by atoms with van der Waals surface area (Å²) in [6, 6.07) is 10.8. The van der Waals surface area contributed by atoms with Gasteiger partial charge in [0.15, 0.2) is 5.76 Å². The third-order valence-electron chi connectivity index (χ3n) is 5.44. The fourth-order valence-electron chi connectivity index (χ4n) is 3.94. The number of furan rings is 1. The summed E-state index contributed by atoms with van der Waals surface area (Å²) in [5, 5.41) is 5.74. The first-order chi connectivity index (χ1) is 12.6. The molecule has 4 heterocycles. The number of carbonyl (C=O) groups excluding carboxylic acids is 2. The van der Waals surface area contributed by atoms with Crippen molar-refractivity contribution in [3.8, 4) is 11.3 Å². The smallest absolute Gasteiger partial charge is 0.287 e. The first-order valence-corrected chi connectivity index (χ1v) is 9.09. The average molecular weight is 353 g/mol. The van der Waals surface area contributed by atoms with E-state index in [0.717, 1.165) is 38.0 Å². The average Bonchev–Trinajstić information content (AvgIpc) is 3.19. The molecule has 0 radical (unpaired) electrons. The van der Waals surface area contributed by atoms with Gasteiger partial charge in [-0.15, -0.1) is 0 Å². The molecule has 1 aromatic heterocycles. The van der Waals surface area contributed by atoms with E-state index in [1.807, 2.05) is 6.07 Å². The molecular formula is C20H23N3O3. The van der Waals surface area contributed by atoms with Gasteiger partial charge in [-0.25, -0.2) is 0 Å². The number of carbonyl (C=O) groups is 2. The molecule has 3 fully saturated rings. The van der Waals surface area contributed by atoms with Crippen molar-refractivity contribution in [2.45, 2.75) is 18.9 Å². The summed E-state index contributed by atoms with van der Waals surface area (Å²) >= 11 is 0. The van der Waals surface area contributed by atoms with E-state index in [1.54, 1.807) is 37.4 Å². The maximum Gasteiger partial charge on any atom is 0.287 e. The van der Waals surface area contributed by atoms with Gasteiger partial charge in [0.1, 0.15) is 5.76 Å². The molecule has 3 saturated heterocycles. The summed E-state index contributed by atoms with van der Waals surface area (Å²) in [5.74, 6) is 1.13. The first kappa shape index (κ1) is 16.8. The lowest BCUT2D eigenvalue weighted by atomic mass is 9.84. The van der Waals surface area contributed by atoms with Crippen LogP contribution in [-0.4, -0.2) is 49.4 Å². The van der Waals surface area contributed by atoms with E-state index in [-0.39, 0.29) is 17.9 Å². The second-order valence-electron chi connectivity index (χ2n) is 7.04. The molecule has 26 heavy (non-hydrogen) atoms. The van der Waals surface area contributed by atoms with Crippen molar-refractivity contribution in [1.82, 2.24) is 15.5 Å². The van der Waals surface area contributed by atoms with Gasteiger partial charge in [0.25, 0.3) is 11.8 Å². The van der Waals surface area contributed by atoms with Crippen LogP contribution in [0.2, 0.25) is 0 Å². The quantitative estimate of drug-likeness (QED) is 0.883. The number of hydrogen-bond donors (Lipinski definition) is 2. The summed E-state index contributed by atoms with van der Waals surface area (Å²) in [4.78, 5) is 26.8. The van der Waals surface area contributed by atoms with E-state index in [9.17, 15) is 9.59 Å². The summed E-state index contributed by atoms with van der Waals surface area (Å²) in [6.07, 6.45) is 2.31. The number of amides is 2. The Balaban J connectivity index is 1.47. The van der Waals surface area contributed by atoms with Crippen LogP contribution in [0.1, 0.15) is 33.8 Å². The topological polar surface area (TPSA) is 74.6 Å². The van der Waals surface area contributed by atoms with Crippen molar-refractivity contribution < 1.29 is 14.0 Å². The minimum atomic E-state index is -0.169. The molecule has 136 valence electrons. The number of nitrogens with one attached hydrogen (secondary N) is 2. The van der Waals surface area contributed by atoms with Crippen LogP contribution in [-0.2, 0) is 0 Å². The third kappa shape index (κ3) is 3.24. The van der Waals surface area contributed by atoms with E-state index in [1.165, 1.54) is 0 Å². The highest BCUT2D eigenvalue weighted by molar-refractivity contribution is 5.95. The Bertz CT molecular complexity index is 821. The molecule has 0 spiro atoms. The van der Waals surface area contributed by atoms with E-state index < -0.39 is 0 Å². The highest BCUT2D eigenvalue weighted by atomic mass is 16.3. The predicted octanol–water partition coefficient (Wildman–Crippen LogP) is 2.13. The van der Waals surface area contributed by atoms with Crippen LogP contribution in [0.3, 0.4) is 0 Å². The minimum Gasteiger partial charge on any atom is -0.451 e. The molecule has 0 saturated carbocycles. The highest BCUT2D eigenvalue weighted by Gasteiger charge is 2.35. The number of piperidine rings is 3. The van der Waals surface area contributed by atoms with Crippen molar-refractivity contribution in [1.29, 1.82) is 0 Å². The van der Waals surface area contributed by atoms with Crippen LogP contribution in [0, 0.1) is 5.92 Å². The monoisotopic (exact) mass is 353 g/mol. The number of hydrogen-bond acceptors (Lipinski definition) is 4. The Morgan fingerprint density at radius 2 is 1.92 bits per heavy atom. The Labute approximate surface area is 152 Å². The minimum absolute atomic E-state index is 0.154. The molecule has 6 heteroatoms. The van der Waals surface area contributed by atoms with Crippen molar-refractivity contribution in [2.75, 3.05) is 26.7 Å². The molecular weight excluding hydrogens is 330 g/mol. The van der Waals surface area contributed by atoms with Crippen molar-refractivity contribution >= 4 is 11.8 Å². The molecule has 2 bridgehead atoms. The molecule has 2 amide bonds. The van der Waals surface area contributed by atoms with Gasteiger partial charge < -0.3 is 20.0 Å². The van der Waals surface area contributed by atoms with Crippen LogP contribution in [0.25, 0.3) is 11.3 Å². The Morgan fingerprint density at radius 3 is 2.62 bits per heavy atom. The van der Waals surface area contributed by atoms with Gasteiger partial charge in [-0.1, -0.05) is 12.1 Å². The molecule has 0 aliphatic carbocycles. The van der Waals surface area contributed by atoms with Crippen molar-refractivity contribution in [3.05, 3.63) is 47.7 Å². The van der Waals surface area contributed by atoms with Gasteiger partial charge in [0.05, 0.1) is 0 Å². The molecule has 3 aliphatic heterocycles. The lowest BCUT2D eigenvalue weighted by molar-refractivity contribution is 0.0606. The van der Waals surface area contributed by atoms with Crippen LogP contribution >= 0.6 is 0 Å². The first-order valence-electron chi connectivity index (χ1n) is 9.09. The van der Waals surface area contributed by atoms with Crippen LogP contribution in [0.5, 0.6) is 0 Å². The predicted molar refractivity (Wildman–Crippen MR) is 98.0 cm³/mol. The Kier molecular flexibility index (Phi) is 4.51. The zero-order valence-corrected chi connectivity index (χ0v) is 14.8. The van der Waals surface area contributed by atoms with E-state index >= 15 is 0 Å². The van der Waals surface area contributed by atoms with Gasteiger partial charge in [-0.2, -0.15) is 0 Å². The van der Waals surface area contributed by atoms with E-state index in [4.69, 9.17) is 4.42 Å². The number of fused-ring (bicyclic) bond motifs is 3. The summed E-state index contributed by atoms with van der Waals surface area (Å²) < 4.78 is 5.76. The molecule has 1 atom stereocenters. The number of nitrogens with zero attached hydrogens (tertiary/aromatic N) is 1. The van der Waals surface area contributed by atoms with Gasteiger partial charge in [-0.05, 0) is 56.1 Å². The van der Waals surface area contributed by atoms with Gasteiger partial charge in [0, 0.05) is 30.8 Å². The normalized spacial score (nSPS) is 24.3. The number of benzene rings is 1. The maximum atomic E-state index is 12.6. The summed E-state index contributed by atoms with van der Waals surface area (Å²) in [7, 11) is 1.60. The molecule has 3 aliphatic rings. The molecule has 5 rings (SSSR count). The Hall–Kier alpha value is -2.60. The second-order valence-corrected chi connectivity index (χ2v) is 7.04. The van der Waals surface area contributed by atoms with E-state index in [0.29, 0.717) is 23.0 Å². The maximum absolute atomic E-state index is 12.6. The van der Waals surface area contributed by atoms with Gasteiger partial charge >= 0.3 is 0 Å². The fraction of sp³-hybridized carbons (Fsp3) is 0.400. The molecule has 1 aromatic carbocycles. The van der Waals surface area contributed by atoms with Crippen molar-refractivity contribution in [3.63, 3.8) is 0 Å². The highest BCUT2D eigenvalue weighted by Crippen LogP contribution is 2.28. The zero-order chi connectivity index (χ0) is 18.1.